The SMILES string of the molecule is CC(C)c1snnc1C(=O)N1CCC[C@]2(CCCN2c2ncnc3ccsc23)CC1. The van der Waals surface area contributed by atoms with Crippen LogP contribution >= 0.6 is 22.9 Å². The van der Waals surface area contributed by atoms with Gasteiger partial charge < -0.3 is 9.80 Å². The Kier molecular flexibility index (Phi) is 5.18. The van der Waals surface area contributed by atoms with E-state index in [1.807, 2.05) is 4.90 Å². The number of hydrogen-bond acceptors (Lipinski definition) is 8. The van der Waals surface area contributed by atoms with E-state index >= 15 is 0 Å². The van der Waals surface area contributed by atoms with Crippen molar-refractivity contribution in [3.63, 3.8) is 0 Å². The number of likely N-dealkylation sites (tertiary alicyclic amines) is 1. The minimum Gasteiger partial charge on any atom is -0.350 e. The maximum Gasteiger partial charge on any atom is 0.275 e. The van der Waals surface area contributed by atoms with Crippen molar-refractivity contribution in [1.29, 1.82) is 0 Å². The molecule has 0 saturated carbocycles. The van der Waals surface area contributed by atoms with Crippen molar-refractivity contribution >= 4 is 44.8 Å². The van der Waals surface area contributed by atoms with E-state index < -0.39 is 0 Å². The fraction of sp³-hybridized carbons (Fsp3) is 0.571. The Bertz CT molecular complexity index is 1060. The molecule has 158 valence electrons. The second-order valence-corrected chi connectivity index (χ2v) is 10.3. The van der Waals surface area contributed by atoms with Crippen LogP contribution < -0.4 is 4.90 Å². The second kappa shape index (κ2) is 7.85. The molecule has 0 N–H and O–H groups in total. The molecule has 5 heterocycles. The highest BCUT2D eigenvalue weighted by Crippen LogP contribution is 2.43. The number of aromatic nitrogens is 4. The third-order valence-electron chi connectivity index (χ3n) is 6.52. The molecule has 3 aromatic rings. The molecule has 7 nitrogen and oxygen atoms in total. The van der Waals surface area contributed by atoms with Crippen LogP contribution in [0.3, 0.4) is 0 Å². The monoisotopic (exact) mass is 442 g/mol. The summed E-state index contributed by atoms with van der Waals surface area (Å²) in [5.41, 5.74) is 1.64. The third-order valence-corrected chi connectivity index (χ3v) is 8.45. The first-order chi connectivity index (χ1) is 14.6. The normalized spacial score (nSPS) is 22.4. The van der Waals surface area contributed by atoms with E-state index in [9.17, 15) is 4.79 Å². The van der Waals surface area contributed by atoms with Crippen LogP contribution in [0, 0.1) is 0 Å². The van der Waals surface area contributed by atoms with E-state index in [1.54, 1.807) is 17.7 Å². The molecular formula is C21H26N6OS2. The molecule has 30 heavy (non-hydrogen) atoms. The maximum absolute atomic E-state index is 13.2. The molecular weight excluding hydrogens is 416 g/mol. The zero-order chi connectivity index (χ0) is 20.7. The number of hydrogen-bond donors (Lipinski definition) is 0. The summed E-state index contributed by atoms with van der Waals surface area (Å²) in [5.74, 6) is 1.37. The van der Waals surface area contributed by atoms with Crippen LogP contribution in [0.4, 0.5) is 5.82 Å². The lowest BCUT2D eigenvalue weighted by Gasteiger charge is -2.39. The average molecular weight is 443 g/mol. The molecule has 9 heteroatoms. The summed E-state index contributed by atoms with van der Waals surface area (Å²) in [6.07, 6.45) is 7.05. The molecule has 0 unspecified atom stereocenters. The van der Waals surface area contributed by atoms with Gasteiger partial charge in [0, 0.05) is 25.2 Å². The molecule has 2 aliphatic heterocycles. The quantitative estimate of drug-likeness (QED) is 0.601. The summed E-state index contributed by atoms with van der Waals surface area (Å²) in [7, 11) is 0. The van der Waals surface area contributed by atoms with Gasteiger partial charge in [-0.2, -0.15) is 0 Å². The molecule has 5 rings (SSSR count). The fourth-order valence-electron chi connectivity index (χ4n) is 5.01. The molecule has 1 amide bonds. The number of carbonyl (C=O) groups is 1. The predicted molar refractivity (Wildman–Crippen MR) is 120 cm³/mol. The average Bonchev–Trinajstić information content (AvgIpc) is 3.45. The zero-order valence-electron chi connectivity index (χ0n) is 17.4. The smallest absolute Gasteiger partial charge is 0.275 e. The topological polar surface area (TPSA) is 75.1 Å². The van der Waals surface area contributed by atoms with E-state index in [0.717, 1.165) is 61.5 Å². The van der Waals surface area contributed by atoms with Crippen molar-refractivity contribution < 1.29 is 4.79 Å². The van der Waals surface area contributed by atoms with Gasteiger partial charge in [-0.25, -0.2) is 9.97 Å². The van der Waals surface area contributed by atoms with E-state index in [1.165, 1.54) is 22.7 Å². The van der Waals surface area contributed by atoms with Crippen LogP contribution in [0.15, 0.2) is 17.8 Å². The summed E-state index contributed by atoms with van der Waals surface area (Å²) in [5, 5.41) is 6.26. The van der Waals surface area contributed by atoms with Crippen LogP contribution in [0.2, 0.25) is 0 Å². The highest BCUT2D eigenvalue weighted by Gasteiger charge is 2.44. The number of carbonyl (C=O) groups excluding carboxylic acids is 1. The Morgan fingerprint density at radius 1 is 1.13 bits per heavy atom. The van der Waals surface area contributed by atoms with Gasteiger partial charge in [0.05, 0.1) is 15.1 Å². The number of fused-ring (bicyclic) bond motifs is 1. The van der Waals surface area contributed by atoms with Gasteiger partial charge in [-0.15, -0.1) is 16.4 Å². The molecule has 1 spiro atoms. The Balaban J connectivity index is 1.40. The van der Waals surface area contributed by atoms with Crippen LogP contribution in [0.5, 0.6) is 0 Å². The lowest BCUT2D eigenvalue weighted by atomic mass is 9.87. The largest absolute Gasteiger partial charge is 0.350 e. The van der Waals surface area contributed by atoms with E-state index in [-0.39, 0.29) is 17.4 Å². The lowest BCUT2D eigenvalue weighted by Crippen LogP contribution is -2.45. The van der Waals surface area contributed by atoms with Gasteiger partial charge in [0.25, 0.3) is 5.91 Å². The first-order valence-corrected chi connectivity index (χ1v) is 12.3. The summed E-state index contributed by atoms with van der Waals surface area (Å²) < 4.78 is 5.22. The molecule has 0 aliphatic carbocycles. The van der Waals surface area contributed by atoms with Crippen LogP contribution in [0.1, 0.15) is 67.2 Å². The van der Waals surface area contributed by atoms with E-state index in [4.69, 9.17) is 4.98 Å². The molecule has 3 aromatic heterocycles. The van der Waals surface area contributed by atoms with Crippen LogP contribution in [0.25, 0.3) is 10.2 Å². The van der Waals surface area contributed by atoms with Crippen molar-refractivity contribution in [2.45, 2.75) is 57.4 Å². The van der Waals surface area contributed by atoms with Gasteiger partial charge in [0.15, 0.2) is 5.69 Å². The highest BCUT2D eigenvalue weighted by atomic mass is 32.1. The summed E-state index contributed by atoms with van der Waals surface area (Å²) in [6.45, 7) is 6.73. The first-order valence-electron chi connectivity index (χ1n) is 10.7. The Morgan fingerprint density at radius 2 is 1.97 bits per heavy atom. The lowest BCUT2D eigenvalue weighted by molar-refractivity contribution is 0.0752. The number of amides is 1. The van der Waals surface area contributed by atoms with Gasteiger partial charge in [0.1, 0.15) is 12.1 Å². The molecule has 0 radical (unpaired) electrons. The van der Waals surface area contributed by atoms with Crippen LogP contribution in [-0.4, -0.2) is 55.5 Å². The number of anilines is 1. The van der Waals surface area contributed by atoms with Crippen LogP contribution in [-0.2, 0) is 0 Å². The van der Waals surface area contributed by atoms with Gasteiger partial charge in [-0.3, -0.25) is 4.79 Å². The highest BCUT2D eigenvalue weighted by molar-refractivity contribution is 7.17. The van der Waals surface area contributed by atoms with Gasteiger partial charge >= 0.3 is 0 Å². The summed E-state index contributed by atoms with van der Waals surface area (Å²) >= 11 is 3.06. The van der Waals surface area contributed by atoms with Crippen molar-refractivity contribution in [3.05, 3.63) is 28.3 Å². The standard InChI is InChI=1S/C21H26N6OS2/c1-14(2)17-16(24-25-30-17)20(28)26-9-3-6-21(8-11-26)7-4-10-27(21)19-18-15(5-12-29-18)22-13-23-19/h5,12-14H,3-4,6-11H2,1-2H3/t21-/m0/s1. The molecule has 1 atom stereocenters. The fourth-order valence-corrected chi connectivity index (χ4v) is 6.49. The van der Waals surface area contributed by atoms with Crippen molar-refractivity contribution in [2.24, 2.45) is 0 Å². The second-order valence-electron chi connectivity index (χ2n) is 8.60. The minimum atomic E-state index is 0.0386. The Morgan fingerprint density at radius 3 is 2.80 bits per heavy atom. The van der Waals surface area contributed by atoms with Gasteiger partial charge in [0.2, 0.25) is 0 Å². The summed E-state index contributed by atoms with van der Waals surface area (Å²) in [4.78, 5) is 27.8. The number of thiophene rings is 1. The minimum absolute atomic E-state index is 0.0386. The molecule has 0 bridgehead atoms. The Labute approximate surface area is 184 Å². The maximum atomic E-state index is 13.2. The van der Waals surface area contributed by atoms with Crippen molar-refractivity contribution in [2.75, 3.05) is 24.5 Å². The van der Waals surface area contributed by atoms with Crippen molar-refractivity contribution in [3.8, 4) is 0 Å². The predicted octanol–water partition coefficient (Wildman–Crippen LogP) is 4.33. The molecule has 2 aliphatic rings. The van der Waals surface area contributed by atoms with E-state index in [0.29, 0.717) is 5.69 Å². The van der Waals surface area contributed by atoms with Crippen molar-refractivity contribution in [1.82, 2.24) is 24.5 Å². The van der Waals surface area contributed by atoms with Gasteiger partial charge in [-0.05, 0) is 61.0 Å². The number of rotatable bonds is 3. The number of nitrogens with zero attached hydrogens (tertiary/aromatic N) is 6. The van der Waals surface area contributed by atoms with E-state index in [2.05, 4.69) is 44.8 Å². The zero-order valence-corrected chi connectivity index (χ0v) is 19.0. The Hall–Kier alpha value is -2.13. The molecule has 2 saturated heterocycles. The molecule has 0 aromatic carbocycles. The summed E-state index contributed by atoms with van der Waals surface area (Å²) in [6, 6.07) is 2.07. The molecule has 2 fully saturated rings. The first kappa shape index (κ1) is 19.8. The third kappa shape index (κ3) is 3.28. The van der Waals surface area contributed by atoms with Gasteiger partial charge in [-0.1, -0.05) is 18.3 Å².